The van der Waals surface area contributed by atoms with Crippen molar-refractivity contribution in [3.63, 3.8) is 0 Å². The number of piperidine rings is 1. The Kier molecular flexibility index (Phi) is 5.84. The van der Waals surface area contributed by atoms with Gasteiger partial charge in [0.2, 0.25) is 10.0 Å². The molecule has 28 heavy (non-hydrogen) atoms. The maximum absolute atomic E-state index is 12.9. The van der Waals surface area contributed by atoms with Crippen LogP contribution < -0.4 is 0 Å². The molecule has 3 fully saturated rings. The van der Waals surface area contributed by atoms with E-state index < -0.39 is 21.4 Å². The third-order valence-corrected chi connectivity index (χ3v) is 8.16. The molecule has 3 aliphatic heterocycles. The maximum Gasteiger partial charge on any atom is 0.409 e. The van der Waals surface area contributed by atoms with Crippen LogP contribution in [-0.4, -0.2) is 79.4 Å². The molecular formula is C19H27N3O5S. The van der Waals surface area contributed by atoms with E-state index in [1.54, 1.807) is 16.7 Å². The van der Waals surface area contributed by atoms with E-state index >= 15 is 0 Å². The Bertz CT molecular complexity index is 768. The van der Waals surface area contributed by atoms with Crippen molar-refractivity contribution < 1.29 is 22.7 Å². The number of rotatable bonds is 5. The molecule has 0 spiro atoms. The third kappa shape index (κ3) is 4.16. The lowest BCUT2D eigenvalue weighted by molar-refractivity contribution is 0.0226. The zero-order valence-electron chi connectivity index (χ0n) is 15.9. The van der Waals surface area contributed by atoms with E-state index in [0.29, 0.717) is 25.6 Å². The summed E-state index contributed by atoms with van der Waals surface area (Å²) in [5.74, 6) is 0.375. The maximum atomic E-state index is 12.9. The van der Waals surface area contributed by atoms with E-state index in [1.165, 1.54) is 10.5 Å². The molecule has 0 radical (unpaired) electrons. The van der Waals surface area contributed by atoms with Crippen molar-refractivity contribution in [2.45, 2.75) is 43.0 Å². The van der Waals surface area contributed by atoms with Gasteiger partial charge in [-0.05, 0) is 49.3 Å². The predicted octanol–water partition coefficient (Wildman–Crippen LogP) is 1.59. The Morgan fingerprint density at radius 3 is 2.54 bits per heavy atom. The summed E-state index contributed by atoms with van der Waals surface area (Å²) in [6.45, 7) is 2.41. The van der Waals surface area contributed by atoms with Gasteiger partial charge in [-0.3, -0.25) is 4.98 Å². The van der Waals surface area contributed by atoms with Gasteiger partial charge in [-0.25, -0.2) is 17.5 Å². The van der Waals surface area contributed by atoms with E-state index in [-0.39, 0.29) is 25.8 Å². The van der Waals surface area contributed by atoms with Crippen LogP contribution in [0.1, 0.15) is 37.2 Å². The number of carbonyl (C=O) groups excluding carboxylic acids is 1. The van der Waals surface area contributed by atoms with Crippen molar-refractivity contribution in [1.29, 1.82) is 0 Å². The lowest BCUT2D eigenvalue weighted by Crippen LogP contribution is -2.60. The molecule has 1 unspecified atom stereocenters. The van der Waals surface area contributed by atoms with E-state index in [0.717, 1.165) is 25.7 Å². The van der Waals surface area contributed by atoms with E-state index in [2.05, 4.69) is 4.98 Å². The molecule has 3 saturated heterocycles. The second-order valence-corrected chi connectivity index (χ2v) is 9.95. The van der Waals surface area contributed by atoms with Gasteiger partial charge < -0.3 is 14.4 Å². The molecule has 1 aromatic rings. The Hall–Kier alpha value is -1.71. The number of hydrogen-bond acceptors (Lipinski definition) is 6. The molecular weight excluding hydrogens is 382 g/mol. The van der Waals surface area contributed by atoms with Crippen LogP contribution in [0.3, 0.4) is 0 Å². The molecule has 0 saturated carbocycles. The molecule has 0 aliphatic carbocycles. The van der Waals surface area contributed by atoms with Gasteiger partial charge >= 0.3 is 6.09 Å². The summed E-state index contributed by atoms with van der Waals surface area (Å²) in [6, 6.07) is 4.00. The Balaban J connectivity index is 1.23. The van der Waals surface area contributed by atoms with Gasteiger partial charge in [0.1, 0.15) is 11.9 Å². The number of carbonyl (C=O) groups is 1. The van der Waals surface area contributed by atoms with Gasteiger partial charge in [0.05, 0.1) is 6.10 Å². The molecule has 1 aromatic heterocycles. The Labute approximate surface area is 165 Å². The fraction of sp³-hybridized carbons (Fsp3) is 0.684. The highest BCUT2D eigenvalue weighted by atomic mass is 32.2. The first kappa shape index (κ1) is 19.6. The zero-order valence-corrected chi connectivity index (χ0v) is 16.7. The number of sulfonamides is 1. The molecule has 0 aromatic carbocycles. The third-order valence-electron chi connectivity index (χ3n) is 5.94. The van der Waals surface area contributed by atoms with Gasteiger partial charge in [0.25, 0.3) is 0 Å². The average Bonchev–Trinajstić information content (AvgIpc) is 3.19. The quantitative estimate of drug-likeness (QED) is 0.734. The largest absolute Gasteiger partial charge is 0.447 e. The molecule has 9 heteroatoms. The standard InChI is InChI=1S/C19H27N3O5S/c23-19(27-14-17-2-1-11-26-17)21-12-18(13-21)28(24,25)22-9-5-16(6-10-22)15-3-7-20-8-4-15/h3-4,7-8,16-18H,1-2,5-6,9-14H2. The van der Waals surface area contributed by atoms with Crippen LogP contribution in [0.5, 0.6) is 0 Å². The van der Waals surface area contributed by atoms with Gasteiger partial charge in [-0.1, -0.05) is 0 Å². The molecule has 0 N–H and O–H groups in total. The van der Waals surface area contributed by atoms with Gasteiger partial charge in [-0.15, -0.1) is 0 Å². The lowest BCUT2D eigenvalue weighted by atomic mass is 9.91. The number of nitrogens with zero attached hydrogens (tertiary/aromatic N) is 3. The van der Waals surface area contributed by atoms with Crippen molar-refractivity contribution in [2.75, 3.05) is 39.4 Å². The average molecular weight is 410 g/mol. The second kappa shape index (κ2) is 8.34. The monoisotopic (exact) mass is 409 g/mol. The first-order valence-corrected chi connectivity index (χ1v) is 11.5. The number of pyridine rings is 1. The minimum atomic E-state index is -3.38. The van der Waals surface area contributed by atoms with Crippen LogP contribution in [0.15, 0.2) is 24.5 Å². The Morgan fingerprint density at radius 2 is 1.89 bits per heavy atom. The van der Waals surface area contributed by atoms with Crippen molar-refractivity contribution in [3.8, 4) is 0 Å². The summed E-state index contributed by atoms with van der Waals surface area (Å²) in [5, 5.41) is -0.528. The van der Waals surface area contributed by atoms with E-state index in [9.17, 15) is 13.2 Å². The highest BCUT2D eigenvalue weighted by Gasteiger charge is 2.44. The summed E-state index contributed by atoms with van der Waals surface area (Å²) >= 11 is 0. The molecule has 4 rings (SSSR count). The van der Waals surface area contributed by atoms with Crippen LogP contribution in [0.25, 0.3) is 0 Å². The smallest absolute Gasteiger partial charge is 0.409 e. The van der Waals surface area contributed by atoms with Gasteiger partial charge in [0, 0.05) is 45.2 Å². The minimum absolute atomic E-state index is 0.0218. The van der Waals surface area contributed by atoms with Crippen LogP contribution in [0, 0.1) is 0 Å². The van der Waals surface area contributed by atoms with Crippen molar-refractivity contribution in [3.05, 3.63) is 30.1 Å². The highest BCUT2D eigenvalue weighted by molar-refractivity contribution is 7.89. The fourth-order valence-electron chi connectivity index (χ4n) is 4.10. The SMILES string of the molecule is O=C(OCC1CCCO1)N1CC(S(=O)(=O)N2CCC(c3ccncc3)CC2)C1. The zero-order chi connectivity index (χ0) is 19.6. The molecule has 1 amide bonds. The first-order chi connectivity index (χ1) is 13.5. The number of aromatic nitrogens is 1. The lowest BCUT2D eigenvalue weighted by Gasteiger charge is -2.41. The molecule has 8 nitrogen and oxygen atoms in total. The van der Waals surface area contributed by atoms with Crippen molar-refractivity contribution >= 4 is 16.1 Å². The molecule has 154 valence electrons. The summed E-state index contributed by atoms with van der Waals surface area (Å²) in [6.07, 6.45) is 6.60. The second-order valence-electron chi connectivity index (χ2n) is 7.74. The Morgan fingerprint density at radius 1 is 1.18 bits per heavy atom. The van der Waals surface area contributed by atoms with Crippen molar-refractivity contribution in [1.82, 2.24) is 14.2 Å². The van der Waals surface area contributed by atoms with Gasteiger partial charge in [-0.2, -0.15) is 0 Å². The number of ether oxygens (including phenoxy) is 2. The molecule has 1 atom stereocenters. The first-order valence-electron chi connectivity index (χ1n) is 9.96. The summed E-state index contributed by atoms with van der Waals surface area (Å²) in [5.41, 5.74) is 1.22. The van der Waals surface area contributed by atoms with Crippen LogP contribution >= 0.6 is 0 Å². The van der Waals surface area contributed by atoms with Crippen LogP contribution in [0.4, 0.5) is 4.79 Å². The molecule has 3 aliphatic rings. The molecule has 0 bridgehead atoms. The summed E-state index contributed by atoms with van der Waals surface area (Å²) < 4.78 is 38.0. The van der Waals surface area contributed by atoms with Crippen molar-refractivity contribution in [2.24, 2.45) is 0 Å². The van der Waals surface area contributed by atoms with Gasteiger partial charge in [0.15, 0.2) is 0 Å². The van der Waals surface area contributed by atoms with Crippen LogP contribution in [-0.2, 0) is 19.5 Å². The van der Waals surface area contributed by atoms with E-state index in [1.807, 2.05) is 12.1 Å². The topological polar surface area (TPSA) is 89.0 Å². The molecule has 4 heterocycles. The highest BCUT2D eigenvalue weighted by Crippen LogP contribution is 2.31. The van der Waals surface area contributed by atoms with E-state index in [4.69, 9.17) is 9.47 Å². The fourth-order valence-corrected chi connectivity index (χ4v) is 5.98. The number of amides is 1. The van der Waals surface area contributed by atoms with Crippen LogP contribution in [0.2, 0.25) is 0 Å². The number of hydrogen-bond donors (Lipinski definition) is 0. The normalized spacial score (nSPS) is 24.9. The summed E-state index contributed by atoms with van der Waals surface area (Å²) in [4.78, 5) is 17.6. The summed E-state index contributed by atoms with van der Waals surface area (Å²) in [7, 11) is -3.38. The number of likely N-dealkylation sites (tertiary alicyclic amines) is 1. The minimum Gasteiger partial charge on any atom is -0.447 e. The predicted molar refractivity (Wildman–Crippen MR) is 102 cm³/mol.